The van der Waals surface area contributed by atoms with Gasteiger partial charge in [-0.15, -0.1) is 0 Å². The van der Waals surface area contributed by atoms with E-state index < -0.39 is 0 Å². The number of halogens is 1. The van der Waals surface area contributed by atoms with E-state index in [-0.39, 0.29) is 23.0 Å². The lowest BCUT2D eigenvalue weighted by Crippen LogP contribution is -2.30. The van der Waals surface area contributed by atoms with Crippen LogP contribution in [0, 0.1) is 5.82 Å². The van der Waals surface area contributed by atoms with E-state index in [4.69, 9.17) is 0 Å². The van der Waals surface area contributed by atoms with Gasteiger partial charge in [0, 0.05) is 18.4 Å². The lowest BCUT2D eigenvalue weighted by atomic mass is 10.2. The van der Waals surface area contributed by atoms with E-state index in [1.54, 1.807) is 6.92 Å². The van der Waals surface area contributed by atoms with E-state index in [2.05, 4.69) is 4.98 Å². The van der Waals surface area contributed by atoms with Crippen LogP contribution in [0.5, 0.6) is 5.75 Å². The molecule has 0 unspecified atom stereocenters. The molecular weight excluding hydrogens is 247 g/mol. The molecule has 0 spiro atoms. The number of benzene rings is 1. The van der Waals surface area contributed by atoms with Crippen molar-refractivity contribution < 1.29 is 14.3 Å². The molecule has 1 aromatic carbocycles. The number of aromatic hydroxyl groups is 1. The fourth-order valence-corrected chi connectivity index (χ4v) is 1.78. The van der Waals surface area contributed by atoms with Gasteiger partial charge >= 0.3 is 0 Å². The molecule has 0 saturated heterocycles. The molecule has 0 atom stereocenters. The Morgan fingerprint density at radius 3 is 2.58 bits per heavy atom. The molecule has 5 heteroatoms. The van der Waals surface area contributed by atoms with E-state index in [9.17, 15) is 14.3 Å². The molecular formula is C14H13FN2O2. The minimum Gasteiger partial charge on any atom is -0.505 e. The molecule has 0 aliphatic rings. The summed E-state index contributed by atoms with van der Waals surface area (Å²) in [5, 5.41) is 9.65. The van der Waals surface area contributed by atoms with Crippen LogP contribution in [0.3, 0.4) is 0 Å². The molecule has 1 amide bonds. The summed E-state index contributed by atoms with van der Waals surface area (Å²) in [5.74, 6) is -0.888. The van der Waals surface area contributed by atoms with Crippen molar-refractivity contribution in [2.24, 2.45) is 0 Å². The highest BCUT2D eigenvalue weighted by Gasteiger charge is 2.19. The van der Waals surface area contributed by atoms with Crippen LogP contribution in [-0.2, 0) is 0 Å². The van der Waals surface area contributed by atoms with Crippen molar-refractivity contribution in [1.82, 2.24) is 4.98 Å². The summed E-state index contributed by atoms with van der Waals surface area (Å²) < 4.78 is 12.9. The predicted molar refractivity (Wildman–Crippen MR) is 69.7 cm³/mol. The maximum absolute atomic E-state index is 12.9. The lowest BCUT2D eigenvalue weighted by molar-refractivity contribution is 0.0985. The van der Waals surface area contributed by atoms with E-state index in [0.717, 1.165) is 0 Å². The average molecular weight is 260 g/mol. The van der Waals surface area contributed by atoms with Crippen molar-refractivity contribution in [3.05, 3.63) is 54.1 Å². The van der Waals surface area contributed by atoms with Crippen molar-refractivity contribution in [1.29, 1.82) is 0 Å². The first-order valence-corrected chi connectivity index (χ1v) is 5.84. The van der Waals surface area contributed by atoms with Gasteiger partial charge in [0.25, 0.3) is 5.91 Å². The number of rotatable bonds is 3. The minimum absolute atomic E-state index is 0.168. The first kappa shape index (κ1) is 13.0. The number of aromatic nitrogens is 1. The van der Waals surface area contributed by atoms with Gasteiger partial charge < -0.3 is 10.0 Å². The van der Waals surface area contributed by atoms with E-state index in [1.165, 1.54) is 47.6 Å². The quantitative estimate of drug-likeness (QED) is 0.922. The Bertz CT molecular complexity index is 584. The maximum atomic E-state index is 12.9. The second kappa shape index (κ2) is 5.48. The van der Waals surface area contributed by atoms with Gasteiger partial charge in [-0.1, -0.05) is 0 Å². The largest absolute Gasteiger partial charge is 0.505 e. The van der Waals surface area contributed by atoms with E-state index in [1.807, 2.05) is 0 Å². The van der Waals surface area contributed by atoms with Gasteiger partial charge in [-0.05, 0) is 37.3 Å². The zero-order valence-electron chi connectivity index (χ0n) is 10.4. The Balaban J connectivity index is 2.35. The van der Waals surface area contributed by atoms with Crippen LogP contribution < -0.4 is 4.90 Å². The summed E-state index contributed by atoms with van der Waals surface area (Å²) in [5.41, 5.74) is 0.742. The highest BCUT2D eigenvalue weighted by Crippen LogP contribution is 2.21. The van der Waals surface area contributed by atoms with Crippen molar-refractivity contribution in [2.45, 2.75) is 6.92 Å². The highest BCUT2D eigenvalue weighted by molar-refractivity contribution is 6.07. The van der Waals surface area contributed by atoms with Crippen LogP contribution in [0.1, 0.15) is 17.3 Å². The minimum atomic E-state index is -0.362. The summed E-state index contributed by atoms with van der Waals surface area (Å²) in [7, 11) is 0. The maximum Gasteiger partial charge on any atom is 0.262 e. The van der Waals surface area contributed by atoms with Crippen LogP contribution in [-0.4, -0.2) is 22.5 Å². The van der Waals surface area contributed by atoms with E-state index in [0.29, 0.717) is 12.2 Å². The standard InChI is InChI=1S/C14H13FN2O2/c1-2-17(11-5-3-10(15)4-6-11)14(19)12-7-8-16-9-13(12)18/h3-9,18H,2H2,1H3. The van der Waals surface area contributed by atoms with Crippen molar-refractivity contribution in [3.8, 4) is 5.75 Å². The Morgan fingerprint density at radius 1 is 1.32 bits per heavy atom. The average Bonchev–Trinajstić information content (AvgIpc) is 2.42. The number of nitrogens with zero attached hydrogens (tertiary/aromatic N) is 2. The number of hydrogen-bond donors (Lipinski definition) is 1. The molecule has 19 heavy (non-hydrogen) atoms. The molecule has 0 bridgehead atoms. The predicted octanol–water partition coefficient (Wildman–Crippen LogP) is 2.59. The molecule has 1 N–H and O–H groups in total. The molecule has 0 fully saturated rings. The van der Waals surface area contributed by atoms with Gasteiger partial charge in [-0.2, -0.15) is 0 Å². The second-order valence-corrected chi connectivity index (χ2v) is 3.92. The van der Waals surface area contributed by atoms with Gasteiger partial charge in [0.05, 0.1) is 11.8 Å². The van der Waals surface area contributed by atoms with Crippen molar-refractivity contribution >= 4 is 11.6 Å². The molecule has 1 heterocycles. The first-order valence-electron chi connectivity index (χ1n) is 5.84. The number of hydrogen-bond acceptors (Lipinski definition) is 3. The summed E-state index contributed by atoms with van der Waals surface area (Å²) in [6.07, 6.45) is 2.65. The van der Waals surface area contributed by atoms with Crippen molar-refractivity contribution in [3.63, 3.8) is 0 Å². The number of carbonyl (C=O) groups excluding carboxylic acids is 1. The van der Waals surface area contributed by atoms with Crippen molar-refractivity contribution in [2.75, 3.05) is 11.4 Å². The second-order valence-electron chi connectivity index (χ2n) is 3.92. The van der Waals surface area contributed by atoms with Crippen LogP contribution >= 0.6 is 0 Å². The lowest BCUT2D eigenvalue weighted by Gasteiger charge is -2.21. The zero-order valence-corrected chi connectivity index (χ0v) is 10.4. The molecule has 4 nitrogen and oxygen atoms in total. The molecule has 2 rings (SSSR count). The van der Waals surface area contributed by atoms with Gasteiger partial charge in [-0.25, -0.2) is 4.39 Å². The van der Waals surface area contributed by atoms with Crippen LogP contribution in [0.25, 0.3) is 0 Å². The van der Waals surface area contributed by atoms with Gasteiger partial charge in [0.2, 0.25) is 0 Å². The number of pyridine rings is 1. The summed E-state index contributed by atoms with van der Waals surface area (Å²) in [4.78, 5) is 17.5. The third kappa shape index (κ3) is 2.70. The zero-order chi connectivity index (χ0) is 13.8. The Kier molecular flexibility index (Phi) is 3.75. The van der Waals surface area contributed by atoms with Crippen LogP contribution in [0.15, 0.2) is 42.7 Å². The molecule has 2 aromatic rings. The summed E-state index contributed by atoms with van der Waals surface area (Å²) >= 11 is 0. The number of amides is 1. The topological polar surface area (TPSA) is 53.4 Å². The normalized spacial score (nSPS) is 10.2. The Morgan fingerprint density at radius 2 is 2.00 bits per heavy atom. The summed E-state index contributed by atoms with van der Waals surface area (Å²) in [6, 6.07) is 7.07. The molecule has 98 valence electrons. The fourth-order valence-electron chi connectivity index (χ4n) is 1.78. The number of carbonyl (C=O) groups is 1. The van der Waals surface area contributed by atoms with Gasteiger partial charge in [-0.3, -0.25) is 9.78 Å². The molecule has 0 aliphatic carbocycles. The molecule has 0 aliphatic heterocycles. The highest BCUT2D eigenvalue weighted by atomic mass is 19.1. The molecule has 0 saturated carbocycles. The van der Waals surface area contributed by atoms with Crippen LogP contribution in [0.4, 0.5) is 10.1 Å². The number of anilines is 1. The van der Waals surface area contributed by atoms with E-state index >= 15 is 0 Å². The van der Waals surface area contributed by atoms with Gasteiger partial charge in [0.1, 0.15) is 11.6 Å². The first-order chi connectivity index (χ1) is 9.13. The van der Waals surface area contributed by atoms with Crippen LogP contribution in [0.2, 0.25) is 0 Å². The smallest absolute Gasteiger partial charge is 0.262 e. The molecule has 1 aromatic heterocycles. The third-order valence-electron chi connectivity index (χ3n) is 2.73. The SMILES string of the molecule is CCN(C(=O)c1ccncc1O)c1ccc(F)cc1. The Labute approximate surface area is 110 Å². The summed E-state index contributed by atoms with van der Waals surface area (Å²) in [6.45, 7) is 2.21. The van der Waals surface area contributed by atoms with Gasteiger partial charge in [0.15, 0.2) is 0 Å². The fraction of sp³-hybridized carbons (Fsp3) is 0.143. The Hall–Kier alpha value is -2.43. The monoisotopic (exact) mass is 260 g/mol. The molecule has 0 radical (unpaired) electrons. The third-order valence-corrected chi connectivity index (χ3v) is 2.73.